The van der Waals surface area contributed by atoms with Crippen LogP contribution in [0, 0.1) is 0 Å². The normalized spacial score (nSPS) is 22.4. The van der Waals surface area contributed by atoms with Crippen molar-refractivity contribution in [1.82, 2.24) is 4.90 Å². The van der Waals surface area contributed by atoms with Gasteiger partial charge in [-0.25, -0.2) is 0 Å². The van der Waals surface area contributed by atoms with Crippen LogP contribution in [0.25, 0.3) is 0 Å². The fourth-order valence-electron chi connectivity index (χ4n) is 3.35. The van der Waals surface area contributed by atoms with Gasteiger partial charge in [0.05, 0.1) is 0 Å². The van der Waals surface area contributed by atoms with Crippen LogP contribution in [0.15, 0.2) is 0 Å². The molecule has 0 aromatic heterocycles. The summed E-state index contributed by atoms with van der Waals surface area (Å²) in [6.07, 6.45) is 12.0. The number of nitrogens with two attached hydrogens (primary N) is 1. The van der Waals surface area contributed by atoms with Gasteiger partial charge in [0.1, 0.15) is 0 Å². The summed E-state index contributed by atoms with van der Waals surface area (Å²) in [5.41, 5.74) is 6.34. The second kappa shape index (κ2) is 8.10. The molecule has 1 fully saturated rings. The lowest BCUT2D eigenvalue weighted by Crippen LogP contribution is -2.49. The first-order valence-corrected chi connectivity index (χ1v) is 7.68. The molecule has 0 aromatic rings. The van der Waals surface area contributed by atoms with Crippen molar-refractivity contribution >= 4 is 0 Å². The smallest absolute Gasteiger partial charge is 0.0244 e. The molecular formula is C15H32N2. The van der Waals surface area contributed by atoms with Crippen molar-refractivity contribution in [2.45, 2.75) is 89.8 Å². The molecule has 0 radical (unpaired) electrons. The lowest BCUT2D eigenvalue weighted by molar-refractivity contribution is 0.130. The Labute approximate surface area is 108 Å². The van der Waals surface area contributed by atoms with E-state index in [0.29, 0.717) is 12.1 Å². The molecule has 0 aromatic carbocycles. The number of rotatable bonds is 6. The highest BCUT2D eigenvalue weighted by Gasteiger charge is 2.26. The number of nitrogens with zero attached hydrogens (tertiary/aromatic N) is 1. The van der Waals surface area contributed by atoms with E-state index in [4.69, 9.17) is 5.73 Å². The van der Waals surface area contributed by atoms with Gasteiger partial charge in [-0.15, -0.1) is 0 Å². The maximum absolute atomic E-state index is 6.34. The summed E-state index contributed by atoms with van der Waals surface area (Å²) in [5, 5.41) is 0. The van der Waals surface area contributed by atoms with Crippen molar-refractivity contribution in [3.05, 3.63) is 0 Å². The van der Waals surface area contributed by atoms with E-state index in [0.717, 1.165) is 12.5 Å². The molecule has 1 saturated carbocycles. The Hall–Kier alpha value is -0.0800. The maximum Gasteiger partial charge on any atom is 0.0244 e. The van der Waals surface area contributed by atoms with Crippen LogP contribution in [0.4, 0.5) is 0 Å². The van der Waals surface area contributed by atoms with Crippen LogP contribution in [0.3, 0.4) is 0 Å². The first-order chi connectivity index (χ1) is 8.20. The third kappa shape index (κ3) is 4.59. The quantitative estimate of drug-likeness (QED) is 0.719. The number of likely N-dealkylation sites (N-methyl/N-ethyl adjacent to an activating group) is 1. The van der Waals surface area contributed by atoms with Crippen LogP contribution in [-0.4, -0.2) is 30.1 Å². The van der Waals surface area contributed by atoms with Crippen LogP contribution >= 0.6 is 0 Å². The molecule has 0 saturated heterocycles. The average molecular weight is 240 g/mol. The first kappa shape index (κ1) is 15.0. The molecule has 1 rings (SSSR count). The fourth-order valence-corrected chi connectivity index (χ4v) is 3.35. The topological polar surface area (TPSA) is 29.3 Å². The zero-order chi connectivity index (χ0) is 12.7. The van der Waals surface area contributed by atoms with Crippen LogP contribution in [-0.2, 0) is 0 Å². The van der Waals surface area contributed by atoms with Gasteiger partial charge in [0.25, 0.3) is 0 Å². The van der Waals surface area contributed by atoms with Crippen molar-refractivity contribution in [3.63, 3.8) is 0 Å². The lowest BCUT2D eigenvalue weighted by atomic mass is 9.97. The highest BCUT2D eigenvalue weighted by atomic mass is 15.2. The van der Waals surface area contributed by atoms with Gasteiger partial charge in [0.15, 0.2) is 0 Å². The van der Waals surface area contributed by atoms with Crippen LogP contribution < -0.4 is 5.73 Å². The molecule has 0 spiro atoms. The highest BCUT2D eigenvalue weighted by molar-refractivity contribution is 4.84. The van der Waals surface area contributed by atoms with Crippen LogP contribution in [0.2, 0.25) is 0 Å². The summed E-state index contributed by atoms with van der Waals surface area (Å²) in [5.74, 6) is 0. The van der Waals surface area contributed by atoms with Crippen molar-refractivity contribution in [2.24, 2.45) is 5.73 Å². The lowest BCUT2D eigenvalue weighted by Gasteiger charge is -2.37. The third-order valence-corrected chi connectivity index (χ3v) is 4.46. The van der Waals surface area contributed by atoms with Crippen LogP contribution in [0.1, 0.15) is 71.6 Å². The van der Waals surface area contributed by atoms with E-state index >= 15 is 0 Å². The molecule has 0 bridgehead atoms. The molecule has 0 aliphatic heterocycles. The van der Waals surface area contributed by atoms with E-state index in [1.165, 1.54) is 51.4 Å². The standard InChI is InChI=1S/C15H32N2/c1-4-10-14(16)15(5-2)17(3)13-11-8-6-7-9-12-13/h13-15H,4-12,16H2,1-3H3. The summed E-state index contributed by atoms with van der Waals surface area (Å²) < 4.78 is 0. The van der Waals surface area contributed by atoms with Crippen molar-refractivity contribution in [1.29, 1.82) is 0 Å². The summed E-state index contributed by atoms with van der Waals surface area (Å²) in [6.45, 7) is 4.52. The average Bonchev–Trinajstić information content (AvgIpc) is 2.58. The number of hydrogen-bond acceptors (Lipinski definition) is 2. The van der Waals surface area contributed by atoms with Gasteiger partial charge in [-0.2, -0.15) is 0 Å². The molecule has 1 aliphatic rings. The molecule has 0 amide bonds. The molecule has 2 nitrogen and oxygen atoms in total. The Morgan fingerprint density at radius 3 is 2.18 bits per heavy atom. The van der Waals surface area contributed by atoms with Crippen LogP contribution in [0.5, 0.6) is 0 Å². The van der Waals surface area contributed by atoms with Crippen molar-refractivity contribution in [3.8, 4) is 0 Å². The molecule has 102 valence electrons. The number of hydrogen-bond donors (Lipinski definition) is 1. The molecule has 1 aliphatic carbocycles. The van der Waals surface area contributed by atoms with E-state index in [1.54, 1.807) is 0 Å². The van der Waals surface area contributed by atoms with Gasteiger partial charge in [0, 0.05) is 18.1 Å². The maximum atomic E-state index is 6.34. The first-order valence-electron chi connectivity index (χ1n) is 7.68. The molecule has 2 atom stereocenters. The summed E-state index contributed by atoms with van der Waals surface area (Å²) in [6, 6.07) is 1.72. The Morgan fingerprint density at radius 2 is 1.71 bits per heavy atom. The third-order valence-electron chi connectivity index (χ3n) is 4.46. The van der Waals surface area contributed by atoms with Gasteiger partial charge >= 0.3 is 0 Å². The van der Waals surface area contributed by atoms with E-state index in [9.17, 15) is 0 Å². The summed E-state index contributed by atoms with van der Waals surface area (Å²) >= 11 is 0. The summed E-state index contributed by atoms with van der Waals surface area (Å²) in [7, 11) is 2.31. The molecule has 17 heavy (non-hydrogen) atoms. The SMILES string of the molecule is CCCC(N)C(CC)N(C)C1CCCCCC1. The zero-order valence-electron chi connectivity index (χ0n) is 12.1. The minimum Gasteiger partial charge on any atom is -0.326 e. The Bertz CT molecular complexity index is 185. The van der Waals surface area contributed by atoms with E-state index in [-0.39, 0.29) is 0 Å². The van der Waals surface area contributed by atoms with Crippen molar-refractivity contribution < 1.29 is 0 Å². The zero-order valence-corrected chi connectivity index (χ0v) is 12.1. The predicted octanol–water partition coefficient (Wildman–Crippen LogP) is 3.55. The van der Waals surface area contributed by atoms with Gasteiger partial charge < -0.3 is 5.73 Å². The van der Waals surface area contributed by atoms with Gasteiger partial charge in [-0.1, -0.05) is 46.0 Å². The largest absolute Gasteiger partial charge is 0.326 e. The van der Waals surface area contributed by atoms with Gasteiger partial charge in [-0.05, 0) is 32.7 Å². The monoisotopic (exact) mass is 240 g/mol. The molecule has 2 N–H and O–H groups in total. The molecular weight excluding hydrogens is 208 g/mol. The second-order valence-electron chi connectivity index (χ2n) is 5.74. The van der Waals surface area contributed by atoms with Gasteiger partial charge in [-0.3, -0.25) is 4.90 Å². The molecule has 0 heterocycles. The minimum atomic E-state index is 0.359. The molecule has 2 heteroatoms. The Balaban J connectivity index is 2.53. The summed E-state index contributed by atoms with van der Waals surface area (Å²) in [4.78, 5) is 2.60. The fraction of sp³-hybridized carbons (Fsp3) is 1.00. The van der Waals surface area contributed by atoms with E-state index in [2.05, 4.69) is 25.8 Å². The Kier molecular flexibility index (Phi) is 7.14. The highest BCUT2D eigenvalue weighted by Crippen LogP contribution is 2.24. The second-order valence-corrected chi connectivity index (χ2v) is 5.74. The molecule has 2 unspecified atom stereocenters. The van der Waals surface area contributed by atoms with E-state index < -0.39 is 0 Å². The van der Waals surface area contributed by atoms with E-state index in [1.807, 2.05) is 0 Å². The Morgan fingerprint density at radius 1 is 1.12 bits per heavy atom. The van der Waals surface area contributed by atoms with Gasteiger partial charge in [0.2, 0.25) is 0 Å². The minimum absolute atomic E-state index is 0.359. The van der Waals surface area contributed by atoms with Crippen molar-refractivity contribution in [2.75, 3.05) is 7.05 Å². The predicted molar refractivity (Wildman–Crippen MR) is 76.2 cm³/mol.